The summed E-state index contributed by atoms with van der Waals surface area (Å²) in [4.78, 5) is 32.7. The maximum absolute atomic E-state index is 16.7. The number of aromatic nitrogens is 3. The molecular formula is C44H42FN5O4Si. The molecule has 0 bridgehead atoms. The summed E-state index contributed by atoms with van der Waals surface area (Å²) in [5.41, 5.74) is 3.92. The number of rotatable bonds is 10. The maximum Gasteiger partial charge on any atom is 0.264 e. The molecule has 5 atom stereocenters. The minimum Gasteiger partial charge on any atom is -0.395 e. The van der Waals surface area contributed by atoms with E-state index in [0.29, 0.717) is 47.7 Å². The van der Waals surface area contributed by atoms with Crippen LogP contribution in [0.25, 0.3) is 10.8 Å². The van der Waals surface area contributed by atoms with Crippen LogP contribution in [0, 0.1) is 5.92 Å². The van der Waals surface area contributed by atoms with Crippen molar-refractivity contribution in [2.75, 3.05) is 16.4 Å². The van der Waals surface area contributed by atoms with Gasteiger partial charge < -0.3 is 18.9 Å². The Labute approximate surface area is 320 Å². The fraction of sp³-hybridized carbons (Fsp3) is 0.273. The van der Waals surface area contributed by atoms with Crippen molar-refractivity contribution >= 4 is 48.1 Å². The van der Waals surface area contributed by atoms with Crippen molar-refractivity contribution in [3.05, 3.63) is 149 Å². The average molecular weight is 752 g/mol. The van der Waals surface area contributed by atoms with Gasteiger partial charge >= 0.3 is 0 Å². The van der Waals surface area contributed by atoms with E-state index >= 15 is 8.90 Å². The van der Waals surface area contributed by atoms with Crippen LogP contribution >= 0.6 is 0 Å². The third-order valence-electron chi connectivity index (χ3n) is 11.9. The van der Waals surface area contributed by atoms with E-state index < -0.39 is 31.6 Å². The first-order valence-electron chi connectivity index (χ1n) is 18.9. The van der Waals surface area contributed by atoms with Crippen LogP contribution in [-0.2, 0) is 28.2 Å². The number of aliphatic hydroxyl groups excluding tert-OH is 1. The third kappa shape index (κ3) is 5.63. The molecule has 2 amide bonds. The quantitative estimate of drug-likeness (QED) is 0.112. The Balaban J connectivity index is 1.10. The number of aryl methyl sites for hydroxylation is 1. The number of ether oxygens (including phenoxy) is 1. The molecule has 3 aliphatic rings. The molecular weight excluding hydrogens is 710 g/mol. The molecule has 3 aliphatic heterocycles. The summed E-state index contributed by atoms with van der Waals surface area (Å²) in [6, 6.07) is 36.9. The van der Waals surface area contributed by atoms with Crippen molar-refractivity contribution in [2.24, 2.45) is 5.92 Å². The molecule has 1 saturated heterocycles. The highest BCUT2D eigenvalue weighted by molar-refractivity contribution is 6.72. The molecule has 1 unspecified atom stereocenters. The van der Waals surface area contributed by atoms with Gasteiger partial charge in [-0.3, -0.25) is 19.2 Å². The van der Waals surface area contributed by atoms with Gasteiger partial charge in [0.1, 0.15) is 0 Å². The Kier molecular flexibility index (Phi) is 8.56. The van der Waals surface area contributed by atoms with Crippen LogP contribution in [0.3, 0.4) is 0 Å². The van der Waals surface area contributed by atoms with Crippen LogP contribution in [0.15, 0.2) is 121 Å². The lowest BCUT2D eigenvalue weighted by atomic mass is 9.82. The van der Waals surface area contributed by atoms with E-state index in [-0.39, 0.29) is 24.3 Å². The zero-order chi connectivity index (χ0) is 38.1. The first-order valence-corrected chi connectivity index (χ1v) is 21.8. The van der Waals surface area contributed by atoms with Gasteiger partial charge in [-0.1, -0.05) is 97.1 Å². The number of carbonyl (C=O) groups is 2. The molecule has 0 radical (unpaired) electrons. The van der Waals surface area contributed by atoms with Crippen molar-refractivity contribution in [3.63, 3.8) is 0 Å². The summed E-state index contributed by atoms with van der Waals surface area (Å²) in [5, 5.41) is 20.9. The first-order chi connectivity index (χ1) is 26.6. The van der Waals surface area contributed by atoms with E-state index in [9.17, 15) is 9.90 Å². The lowest BCUT2D eigenvalue weighted by Gasteiger charge is -2.31. The van der Waals surface area contributed by atoms with Crippen molar-refractivity contribution in [1.82, 2.24) is 15.0 Å². The van der Waals surface area contributed by atoms with Gasteiger partial charge in [-0.2, -0.15) is 0 Å². The normalized spacial score (nSPS) is 22.3. The van der Waals surface area contributed by atoms with Crippen molar-refractivity contribution in [2.45, 2.75) is 62.7 Å². The number of halogens is 1. The van der Waals surface area contributed by atoms with Crippen molar-refractivity contribution in [1.29, 1.82) is 0 Å². The number of benzene rings is 5. The zero-order valence-electron chi connectivity index (χ0n) is 31.0. The highest BCUT2D eigenvalue weighted by Gasteiger charge is 2.66. The molecule has 0 saturated carbocycles. The highest BCUT2D eigenvalue weighted by atomic mass is 28.4. The number of hydrogen-bond donors (Lipinski definition) is 1. The van der Waals surface area contributed by atoms with Crippen LogP contribution in [0.1, 0.15) is 52.0 Å². The Bertz CT molecular complexity index is 2430. The number of hydrogen-bond acceptors (Lipinski definition) is 6. The Morgan fingerprint density at radius 3 is 2.36 bits per heavy atom. The largest absolute Gasteiger partial charge is 0.395 e. The van der Waals surface area contributed by atoms with Gasteiger partial charge in [0, 0.05) is 40.8 Å². The van der Waals surface area contributed by atoms with E-state index in [2.05, 4.69) is 10.3 Å². The monoisotopic (exact) mass is 751 g/mol. The topological polar surface area (TPSA) is 101 Å². The molecule has 0 aliphatic carbocycles. The highest BCUT2D eigenvalue weighted by Crippen LogP contribution is 2.61. The van der Waals surface area contributed by atoms with Gasteiger partial charge in [0.15, 0.2) is 5.60 Å². The van der Waals surface area contributed by atoms with E-state index in [1.807, 2.05) is 128 Å². The fourth-order valence-electron chi connectivity index (χ4n) is 9.44. The van der Waals surface area contributed by atoms with E-state index in [0.717, 1.165) is 27.6 Å². The number of aliphatic hydroxyl groups is 1. The molecule has 9 rings (SSSR count). The lowest BCUT2D eigenvalue weighted by Crippen LogP contribution is -2.45. The molecule has 278 valence electrons. The summed E-state index contributed by atoms with van der Waals surface area (Å²) >= 11 is 0. The van der Waals surface area contributed by atoms with Crippen LogP contribution in [-0.4, -0.2) is 53.0 Å². The van der Waals surface area contributed by atoms with Crippen LogP contribution < -0.4 is 9.80 Å². The van der Waals surface area contributed by atoms with Crippen molar-refractivity contribution in [3.8, 4) is 0 Å². The molecule has 11 heteroatoms. The number of nitrogens with zero attached hydrogens (tertiary/aromatic N) is 5. The number of fused-ring (bicyclic) bond motifs is 2. The minimum absolute atomic E-state index is 0.120. The van der Waals surface area contributed by atoms with E-state index in [1.54, 1.807) is 27.6 Å². The Hall–Kier alpha value is -5.49. The van der Waals surface area contributed by atoms with Crippen LogP contribution in [0.5, 0.6) is 0 Å². The van der Waals surface area contributed by atoms with Gasteiger partial charge in [0.25, 0.3) is 11.8 Å². The van der Waals surface area contributed by atoms with Gasteiger partial charge in [0.2, 0.25) is 8.41 Å². The second-order valence-electron chi connectivity index (χ2n) is 15.5. The summed E-state index contributed by atoms with van der Waals surface area (Å²) in [5.74, 6) is -1.20. The lowest BCUT2D eigenvalue weighted by molar-refractivity contribution is -0.146. The zero-order valence-corrected chi connectivity index (χ0v) is 32.0. The summed E-state index contributed by atoms with van der Waals surface area (Å²) < 4.78 is 25.5. The predicted molar refractivity (Wildman–Crippen MR) is 213 cm³/mol. The molecule has 5 aromatic carbocycles. The maximum atomic E-state index is 16.7. The molecule has 55 heavy (non-hydrogen) atoms. The van der Waals surface area contributed by atoms with Gasteiger partial charge in [0.05, 0.1) is 47.8 Å². The van der Waals surface area contributed by atoms with Gasteiger partial charge in [-0.05, 0) is 66.4 Å². The molecule has 4 heterocycles. The van der Waals surface area contributed by atoms with Crippen molar-refractivity contribution < 1.29 is 23.5 Å². The second kappa shape index (κ2) is 13.4. The molecule has 1 aromatic heterocycles. The number of anilines is 3. The summed E-state index contributed by atoms with van der Waals surface area (Å²) in [7, 11) is -3.46. The van der Waals surface area contributed by atoms with Crippen LogP contribution in [0.4, 0.5) is 21.2 Å². The summed E-state index contributed by atoms with van der Waals surface area (Å²) in [6.45, 7) is 5.93. The Morgan fingerprint density at radius 1 is 0.909 bits per heavy atom. The first kappa shape index (κ1) is 35.2. The molecule has 1 N–H and O–H groups in total. The molecule has 9 nitrogen and oxygen atoms in total. The number of amides is 2. The predicted octanol–water partition coefficient (Wildman–Crippen LogP) is 8.26. The van der Waals surface area contributed by atoms with Gasteiger partial charge in [-0.15, -0.1) is 5.10 Å². The third-order valence-corrected chi connectivity index (χ3v) is 14.3. The smallest absolute Gasteiger partial charge is 0.264 e. The van der Waals surface area contributed by atoms with E-state index in [4.69, 9.17) is 4.74 Å². The fourth-order valence-corrected chi connectivity index (χ4v) is 12.0. The second-order valence-corrected chi connectivity index (χ2v) is 19.3. The van der Waals surface area contributed by atoms with Gasteiger partial charge in [-0.25, -0.2) is 0 Å². The average Bonchev–Trinajstić information content (AvgIpc) is 3.91. The Morgan fingerprint density at radius 2 is 1.64 bits per heavy atom. The van der Waals surface area contributed by atoms with Crippen LogP contribution in [0.2, 0.25) is 18.6 Å². The number of carbonyl (C=O) groups excluding carboxylic acids is 2. The molecule has 1 spiro atoms. The molecule has 6 aromatic rings. The SMILES string of the molecule is C[C@H]1[C@H]([Si](C)(C)F)[C@@H](CCn2cc(C(CO)c3ccccc3)nn2)O[C@]12C(=O)N(Cc1ccccc1)c1ccc(N3C(=O)c4cccc5cccc3c45)cc12. The summed E-state index contributed by atoms with van der Waals surface area (Å²) in [6.07, 6.45) is 1.63. The molecule has 1 fully saturated rings. The standard InChI is InChI=1S/C44H42FN5O4Si/c1-28-41(55(2,3)45)39(22-23-48-26-36(46-47-48)34(27-51)30-14-8-5-9-15-30)54-44(28)35-24-32(20-21-37(35)49(43(44)53)25-29-12-6-4-7-13-29)50-38-19-11-17-31-16-10-18-33(40(31)38)42(50)52/h4-21,24,26,28,34,39,41,51H,22-23,25,27H2,1-3H3/t28-,34?,39+,41-,44+/m0/s1. The minimum atomic E-state index is -3.46. The van der Waals surface area contributed by atoms with E-state index in [1.165, 1.54) is 0 Å².